The monoisotopic (exact) mass is 271 g/mol. The molecule has 2 aromatic heterocycles. The van der Waals surface area contributed by atoms with Gasteiger partial charge in [-0.25, -0.2) is 4.68 Å². The summed E-state index contributed by atoms with van der Waals surface area (Å²) in [5.41, 5.74) is 3.23. The Bertz CT molecular complexity index is 894. The van der Waals surface area contributed by atoms with Crippen molar-refractivity contribution in [2.75, 3.05) is 0 Å². The molecule has 0 amide bonds. The Hall–Kier alpha value is -2.94. The summed E-state index contributed by atoms with van der Waals surface area (Å²) in [5, 5.41) is 6.91. The Morgan fingerprint density at radius 1 is 0.762 bits per heavy atom. The molecule has 2 heterocycles. The molecule has 4 aromatic rings. The Morgan fingerprint density at radius 3 is 2.52 bits per heavy atom. The second kappa shape index (κ2) is 4.87. The van der Waals surface area contributed by atoms with Gasteiger partial charge >= 0.3 is 0 Å². The molecule has 3 heteroatoms. The van der Waals surface area contributed by atoms with Crippen molar-refractivity contribution < 1.29 is 0 Å². The standard InChI is InChI=1S/C18H13N3/c1-2-5-15-10-16(8-7-14(15)4-1)17-11-20-21(13-17)18-6-3-9-19-12-18/h1-13H. The van der Waals surface area contributed by atoms with Crippen molar-refractivity contribution in [3.05, 3.63) is 79.4 Å². The molecule has 0 aliphatic carbocycles. The zero-order chi connectivity index (χ0) is 14.1. The highest BCUT2D eigenvalue weighted by Crippen LogP contribution is 2.24. The highest BCUT2D eigenvalue weighted by Gasteiger charge is 2.04. The highest BCUT2D eigenvalue weighted by atomic mass is 15.3. The van der Waals surface area contributed by atoms with Crippen molar-refractivity contribution in [1.29, 1.82) is 0 Å². The minimum atomic E-state index is 0.963. The average Bonchev–Trinajstić information content (AvgIpc) is 3.05. The summed E-state index contributed by atoms with van der Waals surface area (Å²) in [5.74, 6) is 0. The van der Waals surface area contributed by atoms with Gasteiger partial charge in [-0.15, -0.1) is 0 Å². The van der Waals surface area contributed by atoms with Crippen LogP contribution in [0.3, 0.4) is 0 Å². The molecule has 4 rings (SSSR count). The molecule has 2 aromatic carbocycles. The van der Waals surface area contributed by atoms with Crippen LogP contribution >= 0.6 is 0 Å². The molecule has 3 nitrogen and oxygen atoms in total. The van der Waals surface area contributed by atoms with E-state index in [1.165, 1.54) is 16.3 Å². The van der Waals surface area contributed by atoms with E-state index in [-0.39, 0.29) is 0 Å². The predicted octanol–water partition coefficient (Wildman–Crippen LogP) is 4.09. The van der Waals surface area contributed by atoms with Crippen LogP contribution in [-0.4, -0.2) is 14.8 Å². The maximum absolute atomic E-state index is 4.42. The van der Waals surface area contributed by atoms with Crippen LogP contribution < -0.4 is 0 Å². The Balaban J connectivity index is 1.77. The number of hydrogen-bond acceptors (Lipinski definition) is 2. The van der Waals surface area contributed by atoms with Gasteiger partial charge in [0.25, 0.3) is 0 Å². The maximum Gasteiger partial charge on any atom is 0.0828 e. The smallest absolute Gasteiger partial charge is 0.0828 e. The van der Waals surface area contributed by atoms with Crippen LogP contribution in [0.1, 0.15) is 0 Å². The van der Waals surface area contributed by atoms with E-state index in [2.05, 4.69) is 52.5 Å². The SMILES string of the molecule is c1cncc(-n2cc(-c3ccc4ccccc4c3)cn2)c1. The molecule has 0 aliphatic rings. The Morgan fingerprint density at radius 2 is 1.67 bits per heavy atom. The molecule has 0 spiro atoms. The summed E-state index contributed by atoms with van der Waals surface area (Å²) >= 11 is 0. The van der Waals surface area contributed by atoms with Crippen LogP contribution in [0.2, 0.25) is 0 Å². The fourth-order valence-electron chi connectivity index (χ4n) is 2.47. The highest BCUT2D eigenvalue weighted by molar-refractivity contribution is 5.87. The van der Waals surface area contributed by atoms with Gasteiger partial charge in [0, 0.05) is 18.0 Å². The van der Waals surface area contributed by atoms with E-state index in [9.17, 15) is 0 Å². The third-order valence-electron chi connectivity index (χ3n) is 3.58. The molecule has 0 saturated heterocycles. The summed E-state index contributed by atoms with van der Waals surface area (Å²) < 4.78 is 1.84. The first-order valence-corrected chi connectivity index (χ1v) is 6.84. The van der Waals surface area contributed by atoms with Gasteiger partial charge in [-0.1, -0.05) is 36.4 Å². The molecule has 0 bridgehead atoms. The number of fused-ring (bicyclic) bond motifs is 1. The molecular weight excluding hydrogens is 258 g/mol. The lowest BCUT2D eigenvalue weighted by atomic mass is 10.0. The molecule has 0 fully saturated rings. The first kappa shape index (κ1) is 11.9. The lowest BCUT2D eigenvalue weighted by molar-refractivity contribution is 0.874. The number of hydrogen-bond donors (Lipinski definition) is 0. The van der Waals surface area contributed by atoms with Crippen molar-refractivity contribution in [2.45, 2.75) is 0 Å². The summed E-state index contributed by atoms with van der Waals surface area (Å²) in [4.78, 5) is 4.12. The zero-order valence-electron chi connectivity index (χ0n) is 11.3. The van der Waals surface area contributed by atoms with Gasteiger partial charge in [0.2, 0.25) is 0 Å². The van der Waals surface area contributed by atoms with Crippen molar-refractivity contribution >= 4 is 10.8 Å². The Labute approximate surface area is 122 Å². The fraction of sp³-hybridized carbons (Fsp3) is 0. The van der Waals surface area contributed by atoms with Gasteiger partial charge in [0.15, 0.2) is 0 Å². The van der Waals surface area contributed by atoms with Crippen LogP contribution in [0.5, 0.6) is 0 Å². The van der Waals surface area contributed by atoms with Gasteiger partial charge in [0.1, 0.15) is 0 Å². The second-order valence-electron chi connectivity index (χ2n) is 4.95. The first-order chi connectivity index (χ1) is 10.4. The van der Waals surface area contributed by atoms with Crippen molar-refractivity contribution in [3.8, 4) is 16.8 Å². The van der Waals surface area contributed by atoms with Crippen LogP contribution in [0.4, 0.5) is 0 Å². The van der Waals surface area contributed by atoms with Crippen LogP contribution in [0.25, 0.3) is 27.6 Å². The summed E-state index contributed by atoms with van der Waals surface area (Å²) in [6, 6.07) is 18.7. The number of benzene rings is 2. The number of pyridine rings is 1. The minimum absolute atomic E-state index is 0.963. The molecule has 100 valence electrons. The first-order valence-electron chi connectivity index (χ1n) is 6.84. The number of rotatable bonds is 2. The normalized spacial score (nSPS) is 10.9. The van der Waals surface area contributed by atoms with Gasteiger partial charge in [-0.05, 0) is 34.5 Å². The van der Waals surface area contributed by atoms with Crippen molar-refractivity contribution in [1.82, 2.24) is 14.8 Å². The largest absolute Gasteiger partial charge is 0.262 e. The van der Waals surface area contributed by atoms with Gasteiger partial charge in [-0.2, -0.15) is 5.10 Å². The van der Waals surface area contributed by atoms with Crippen LogP contribution in [0.15, 0.2) is 79.4 Å². The van der Waals surface area contributed by atoms with E-state index in [0.29, 0.717) is 0 Å². The second-order valence-corrected chi connectivity index (χ2v) is 4.95. The van der Waals surface area contributed by atoms with E-state index in [0.717, 1.165) is 11.3 Å². The van der Waals surface area contributed by atoms with E-state index in [1.807, 2.05) is 29.2 Å². The summed E-state index contributed by atoms with van der Waals surface area (Å²) in [6.07, 6.45) is 7.48. The lowest BCUT2D eigenvalue weighted by Gasteiger charge is -2.01. The average molecular weight is 271 g/mol. The summed E-state index contributed by atoms with van der Waals surface area (Å²) in [6.45, 7) is 0. The molecule has 0 unspecified atom stereocenters. The number of nitrogens with zero attached hydrogens (tertiary/aromatic N) is 3. The molecule has 0 saturated carbocycles. The van der Waals surface area contributed by atoms with E-state index < -0.39 is 0 Å². The van der Waals surface area contributed by atoms with E-state index >= 15 is 0 Å². The quantitative estimate of drug-likeness (QED) is 0.550. The van der Waals surface area contributed by atoms with Gasteiger partial charge < -0.3 is 0 Å². The van der Waals surface area contributed by atoms with Crippen molar-refractivity contribution in [3.63, 3.8) is 0 Å². The Kier molecular flexibility index (Phi) is 2.75. The molecule has 0 N–H and O–H groups in total. The topological polar surface area (TPSA) is 30.7 Å². The molecule has 0 radical (unpaired) electrons. The maximum atomic E-state index is 4.42. The summed E-state index contributed by atoms with van der Waals surface area (Å²) in [7, 11) is 0. The molecule has 0 atom stereocenters. The third-order valence-corrected chi connectivity index (χ3v) is 3.58. The van der Waals surface area contributed by atoms with E-state index in [4.69, 9.17) is 0 Å². The zero-order valence-corrected chi connectivity index (χ0v) is 11.3. The lowest BCUT2D eigenvalue weighted by Crippen LogP contribution is -1.93. The van der Waals surface area contributed by atoms with Crippen LogP contribution in [-0.2, 0) is 0 Å². The predicted molar refractivity (Wildman–Crippen MR) is 84.3 cm³/mol. The third kappa shape index (κ3) is 2.19. The van der Waals surface area contributed by atoms with Gasteiger partial charge in [0.05, 0.1) is 18.1 Å². The van der Waals surface area contributed by atoms with Crippen LogP contribution in [0, 0.1) is 0 Å². The van der Waals surface area contributed by atoms with Crippen molar-refractivity contribution in [2.24, 2.45) is 0 Å². The van der Waals surface area contributed by atoms with E-state index in [1.54, 1.807) is 12.4 Å². The molecule has 21 heavy (non-hydrogen) atoms. The fourth-order valence-corrected chi connectivity index (χ4v) is 2.47. The molecular formula is C18H13N3. The van der Waals surface area contributed by atoms with Gasteiger partial charge in [-0.3, -0.25) is 4.98 Å². The number of aromatic nitrogens is 3. The minimum Gasteiger partial charge on any atom is -0.262 e. The molecule has 0 aliphatic heterocycles.